The summed E-state index contributed by atoms with van der Waals surface area (Å²) in [5.41, 5.74) is 3.56. The second kappa shape index (κ2) is 9.58. The summed E-state index contributed by atoms with van der Waals surface area (Å²) < 4.78 is 8.02. The molecule has 2 aromatic carbocycles. The van der Waals surface area contributed by atoms with Gasteiger partial charge >= 0.3 is 6.03 Å². The molecule has 36 heavy (non-hydrogen) atoms. The van der Waals surface area contributed by atoms with Gasteiger partial charge in [-0.05, 0) is 49.6 Å². The van der Waals surface area contributed by atoms with E-state index in [9.17, 15) is 4.79 Å². The predicted molar refractivity (Wildman–Crippen MR) is 139 cm³/mol. The van der Waals surface area contributed by atoms with Crippen molar-refractivity contribution in [2.75, 3.05) is 29.9 Å². The van der Waals surface area contributed by atoms with Gasteiger partial charge in [-0.25, -0.2) is 19.4 Å². The maximum Gasteiger partial charge on any atom is 0.319 e. The number of anilines is 2. The van der Waals surface area contributed by atoms with Crippen LogP contribution in [0, 0.1) is 0 Å². The molecule has 9 nitrogen and oxygen atoms in total. The molecule has 2 aliphatic rings. The van der Waals surface area contributed by atoms with E-state index in [0.29, 0.717) is 24.6 Å². The van der Waals surface area contributed by atoms with Crippen LogP contribution in [0.15, 0.2) is 60.8 Å². The van der Waals surface area contributed by atoms with Crippen LogP contribution in [-0.4, -0.2) is 57.6 Å². The summed E-state index contributed by atoms with van der Waals surface area (Å²) in [7, 11) is 0. The number of fused-ring (bicyclic) bond motifs is 3. The Kier molecular flexibility index (Phi) is 5.98. The molecule has 9 heteroatoms. The van der Waals surface area contributed by atoms with Crippen molar-refractivity contribution < 1.29 is 9.53 Å². The molecule has 2 atom stereocenters. The molecule has 2 fully saturated rings. The van der Waals surface area contributed by atoms with E-state index in [2.05, 4.69) is 27.7 Å². The van der Waals surface area contributed by atoms with Crippen LogP contribution in [0.4, 0.5) is 16.3 Å². The quantitative estimate of drug-likeness (QED) is 0.430. The Morgan fingerprint density at radius 2 is 1.78 bits per heavy atom. The minimum atomic E-state index is -0.225. The summed E-state index contributed by atoms with van der Waals surface area (Å²) in [5.74, 6) is 1.54. The zero-order valence-corrected chi connectivity index (χ0v) is 20.2. The molecule has 4 aromatic rings. The second-order valence-corrected chi connectivity index (χ2v) is 9.32. The Hall–Kier alpha value is -3.98. The number of morpholine rings is 1. The summed E-state index contributed by atoms with van der Waals surface area (Å²) in [5, 5.41) is 11.2. The van der Waals surface area contributed by atoms with Crippen LogP contribution >= 0.6 is 0 Å². The predicted octanol–water partition coefficient (Wildman–Crippen LogP) is 4.05. The van der Waals surface area contributed by atoms with E-state index in [0.717, 1.165) is 53.9 Å². The number of aromatic nitrogens is 4. The normalized spacial score (nSPS) is 19.0. The number of urea groups is 1. The lowest BCUT2D eigenvalue weighted by atomic mass is 10.2. The molecule has 4 heterocycles. The molecule has 2 aromatic heterocycles. The Morgan fingerprint density at radius 1 is 1.03 bits per heavy atom. The standard InChI is InChI=1S/C27H29N7O2/c1-2-28-27(35)30-20-10-8-19(9-11-20)24-31-25(33-16-21-12-13-22(17-33)36-21)23-14-29-34(26(23)32-24)15-18-6-4-3-5-7-18/h3-11,14,21-22H,2,12-13,15-17H2,1H3,(H2,28,30,35). The van der Waals surface area contributed by atoms with Gasteiger partial charge in [0.25, 0.3) is 0 Å². The lowest BCUT2D eigenvalue weighted by Gasteiger charge is -2.33. The largest absolute Gasteiger partial charge is 0.371 e. The molecule has 2 unspecified atom stereocenters. The third-order valence-electron chi connectivity index (χ3n) is 6.73. The minimum absolute atomic E-state index is 0.225. The Morgan fingerprint density at radius 3 is 2.50 bits per heavy atom. The van der Waals surface area contributed by atoms with E-state index >= 15 is 0 Å². The smallest absolute Gasteiger partial charge is 0.319 e. The van der Waals surface area contributed by atoms with Crippen LogP contribution in [0.1, 0.15) is 25.3 Å². The molecule has 0 radical (unpaired) electrons. The maximum atomic E-state index is 11.9. The lowest BCUT2D eigenvalue weighted by Crippen LogP contribution is -2.43. The van der Waals surface area contributed by atoms with E-state index in [1.165, 1.54) is 0 Å². The first-order valence-corrected chi connectivity index (χ1v) is 12.5. The van der Waals surface area contributed by atoms with Crippen molar-refractivity contribution in [3.8, 4) is 11.4 Å². The average Bonchev–Trinajstić information content (AvgIpc) is 3.46. The number of ether oxygens (including phenoxy) is 1. The number of hydrogen-bond acceptors (Lipinski definition) is 6. The van der Waals surface area contributed by atoms with Gasteiger partial charge in [0.1, 0.15) is 5.82 Å². The van der Waals surface area contributed by atoms with Gasteiger partial charge in [-0.15, -0.1) is 0 Å². The number of benzene rings is 2. The van der Waals surface area contributed by atoms with Gasteiger partial charge in [-0.2, -0.15) is 5.10 Å². The Labute approximate surface area is 209 Å². The molecule has 0 spiro atoms. The van der Waals surface area contributed by atoms with Gasteiger partial charge in [-0.1, -0.05) is 30.3 Å². The number of amides is 2. The first-order chi connectivity index (χ1) is 17.7. The zero-order valence-electron chi connectivity index (χ0n) is 20.2. The highest BCUT2D eigenvalue weighted by atomic mass is 16.5. The fourth-order valence-electron chi connectivity index (χ4n) is 5.01. The number of carbonyl (C=O) groups excluding carboxylic acids is 1. The van der Waals surface area contributed by atoms with Crippen molar-refractivity contribution in [3.05, 3.63) is 66.4 Å². The molecule has 0 saturated carbocycles. The van der Waals surface area contributed by atoms with E-state index in [4.69, 9.17) is 19.8 Å². The summed E-state index contributed by atoms with van der Waals surface area (Å²) in [6.07, 6.45) is 4.56. The highest BCUT2D eigenvalue weighted by molar-refractivity contribution is 5.90. The molecule has 2 saturated heterocycles. The van der Waals surface area contributed by atoms with Gasteiger partial charge in [0.15, 0.2) is 11.5 Å². The van der Waals surface area contributed by atoms with Crippen LogP contribution < -0.4 is 15.5 Å². The number of rotatable bonds is 6. The summed E-state index contributed by atoms with van der Waals surface area (Å²) in [6, 6.07) is 17.7. The average molecular weight is 484 g/mol. The Bertz CT molecular complexity index is 1360. The van der Waals surface area contributed by atoms with Crippen molar-refractivity contribution in [1.29, 1.82) is 0 Å². The van der Waals surface area contributed by atoms with E-state index in [-0.39, 0.29) is 18.2 Å². The molecule has 2 aliphatic heterocycles. The van der Waals surface area contributed by atoms with Crippen molar-refractivity contribution in [3.63, 3.8) is 0 Å². The Balaban J connectivity index is 1.39. The number of nitrogens with one attached hydrogen (secondary N) is 2. The summed E-state index contributed by atoms with van der Waals surface area (Å²) >= 11 is 0. The summed E-state index contributed by atoms with van der Waals surface area (Å²) in [4.78, 5) is 24.2. The van der Waals surface area contributed by atoms with Crippen LogP contribution in [0.3, 0.4) is 0 Å². The van der Waals surface area contributed by atoms with Crippen LogP contribution in [0.25, 0.3) is 22.4 Å². The first-order valence-electron chi connectivity index (χ1n) is 12.5. The van der Waals surface area contributed by atoms with Crippen LogP contribution in [-0.2, 0) is 11.3 Å². The SMILES string of the molecule is CCNC(=O)Nc1ccc(-c2nc(N3CC4CCC(C3)O4)c3cnn(Cc4ccccc4)c3n2)cc1. The molecule has 2 bridgehead atoms. The topological polar surface area (TPSA) is 97.2 Å². The highest BCUT2D eigenvalue weighted by Gasteiger charge is 2.35. The van der Waals surface area contributed by atoms with E-state index in [1.54, 1.807) is 0 Å². The lowest BCUT2D eigenvalue weighted by molar-refractivity contribution is 0.0303. The van der Waals surface area contributed by atoms with Crippen molar-refractivity contribution in [2.45, 2.75) is 38.5 Å². The van der Waals surface area contributed by atoms with Gasteiger partial charge in [0, 0.05) is 30.9 Å². The molecular formula is C27H29N7O2. The van der Waals surface area contributed by atoms with E-state index in [1.807, 2.05) is 60.3 Å². The van der Waals surface area contributed by atoms with Gasteiger partial charge in [0.2, 0.25) is 0 Å². The first kappa shape index (κ1) is 22.5. The number of nitrogens with zero attached hydrogens (tertiary/aromatic N) is 5. The summed E-state index contributed by atoms with van der Waals surface area (Å²) in [6.45, 7) is 4.73. The number of carbonyl (C=O) groups is 1. The third kappa shape index (κ3) is 4.49. The van der Waals surface area contributed by atoms with E-state index < -0.39 is 0 Å². The van der Waals surface area contributed by atoms with Crippen LogP contribution in [0.2, 0.25) is 0 Å². The van der Waals surface area contributed by atoms with Crippen LogP contribution in [0.5, 0.6) is 0 Å². The second-order valence-electron chi connectivity index (χ2n) is 9.32. The zero-order chi connectivity index (χ0) is 24.5. The van der Waals surface area contributed by atoms with Gasteiger partial charge in [-0.3, -0.25) is 0 Å². The molecule has 2 N–H and O–H groups in total. The maximum absolute atomic E-state index is 11.9. The monoisotopic (exact) mass is 483 g/mol. The molecule has 184 valence electrons. The fraction of sp³-hybridized carbons (Fsp3) is 0.333. The molecule has 6 rings (SSSR count). The minimum Gasteiger partial charge on any atom is -0.371 e. The highest BCUT2D eigenvalue weighted by Crippen LogP contribution is 2.34. The molecule has 0 aliphatic carbocycles. The molecular weight excluding hydrogens is 454 g/mol. The van der Waals surface area contributed by atoms with Gasteiger partial charge < -0.3 is 20.3 Å². The van der Waals surface area contributed by atoms with Crippen molar-refractivity contribution >= 4 is 28.6 Å². The number of hydrogen-bond donors (Lipinski definition) is 2. The van der Waals surface area contributed by atoms with Gasteiger partial charge in [0.05, 0.1) is 30.3 Å². The van der Waals surface area contributed by atoms with Crippen molar-refractivity contribution in [1.82, 2.24) is 25.1 Å². The van der Waals surface area contributed by atoms with Crippen molar-refractivity contribution in [2.24, 2.45) is 0 Å². The fourth-order valence-corrected chi connectivity index (χ4v) is 5.01. The third-order valence-corrected chi connectivity index (χ3v) is 6.73. The molecule has 2 amide bonds.